The van der Waals surface area contributed by atoms with Crippen molar-refractivity contribution < 1.29 is 23.8 Å². The Morgan fingerprint density at radius 1 is 1.03 bits per heavy atom. The highest BCUT2D eigenvalue weighted by Gasteiger charge is 2.20. The van der Waals surface area contributed by atoms with Crippen LogP contribution in [0.5, 0.6) is 11.5 Å². The predicted molar refractivity (Wildman–Crippen MR) is 107 cm³/mol. The normalized spacial score (nSPS) is 11.7. The highest BCUT2D eigenvalue weighted by atomic mass is 16.5. The summed E-state index contributed by atoms with van der Waals surface area (Å²) in [6.07, 6.45) is 0.345. The van der Waals surface area contributed by atoms with Gasteiger partial charge in [-0.3, -0.25) is 4.79 Å². The highest BCUT2D eigenvalue weighted by molar-refractivity contribution is 5.99. The van der Waals surface area contributed by atoms with Gasteiger partial charge in [0, 0.05) is 6.54 Å². The first-order valence-electron chi connectivity index (χ1n) is 8.84. The molecule has 0 aromatic heterocycles. The van der Waals surface area contributed by atoms with Crippen LogP contribution in [0, 0.1) is 11.3 Å². The number of nitrogens with one attached hydrogen (secondary N) is 1. The number of rotatable bonds is 8. The Balaban J connectivity index is 1.93. The molecule has 0 aliphatic heterocycles. The molecule has 0 heterocycles. The van der Waals surface area contributed by atoms with Crippen LogP contribution >= 0.6 is 0 Å². The molecule has 150 valence electrons. The molecule has 0 saturated carbocycles. The van der Waals surface area contributed by atoms with Gasteiger partial charge in [0.05, 0.1) is 14.2 Å². The summed E-state index contributed by atoms with van der Waals surface area (Å²) < 4.78 is 15.3. The molecule has 7 nitrogen and oxygen atoms in total. The van der Waals surface area contributed by atoms with Crippen molar-refractivity contribution in [2.75, 3.05) is 14.2 Å². The Morgan fingerprint density at radius 3 is 2.10 bits per heavy atom. The van der Waals surface area contributed by atoms with E-state index in [-0.39, 0.29) is 12.1 Å². The summed E-state index contributed by atoms with van der Waals surface area (Å²) in [5.41, 5.74) is 1.30. The molecule has 2 rings (SSSR count). The molecule has 29 heavy (non-hydrogen) atoms. The Hall–Kier alpha value is -3.79. The van der Waals surface area contributed by atoms with E-state index in [1.54, 1.807) is 56.7 Å². The fraction of sp³-hybridized carbons (Fsp3) is 0.227. The lowest BCUT2D eigenvalue weighted by molar-refractivity contribution is -0.150. The number of carbonyl (C=O) groups excluding carboxylic acids is 2. The van der Waals surface area contributed by atoms with Crippen LogP contribution in [-0.2, 0) is 20.9 Å². The minimum atomic E-state index is -1.05. The van der Waals surface area contributed by atoms with Gasteiger partial charge in [-0.15, -0.1) is 0 Å². The fourth-order valence-corrected chi connectivity index (χ4v) is 2.36. The first-order chi connectivity index (χ1) is 14.0. The quantitative estimate of drug-likeness (QED) is 0.420. The molecule has 0 radical (unpaired) electrons. The first-order valence-corrected chi connectivity index (χ1v) is 8.84. The summed E-state index contributed by atoms with van der Waals surface area (Å²) in [5.74, 6) is 0.0479. The average Bonchev–Trinajstić information content (AvgIpc) is 2.76. The lowest BCUT2D eigenvalue weighted by Gasteiger charge is -2.13. The molecule has 0 spiro atoms. The van der Waals surface area contributed by atoms with Crippen molar-refractivity contribution in [1.82, 2.24) is 5.32 Å². The van der Waals surface area contributed by atoms with Crippen LogP contribution in [0.1, 0.15) is 18.1 Å². The van der Waals surface area contributed by atoms with Crippen molar-refractivity contribution in [1.29, 1.82) is 5.26 Å². The van der Waals surface area contributed by atoms with Crippen molar-refractivity contribution in [3.8, 4) is 17.6 Å². The molecule has 1 unspecified atom stereocenters. The molecule has 0 aliphatic carbocycles. The number of amides is 1. The second kappa shape index (κ2) is 10.5. The van der Waals surface area contributed by atoms with Crippen molar-refractivity contribution >= 4 is 18.0 Å². The van der Waals surface area contributed by atoms with E-state index in [4.69, 9.17) is 14.2 Å². The number of methoxy groups -OCH3 is 2. The zero-order chi connectivity index (χ0) is 21.2. The van der Waals surface area contributed by atoms with Gasteiger partial charge >= 0.3 is 5.97 Å². The van der Waals surface area contributed by atoms with Gasteiger partial charge in [-0.05, 0) is 48.4 Å². The monoisotopic (exact) mass is 394 g/mol. The number of esters is 1. The largest absolute Gasteiger partial charge is 0.497 e. The topological polar surface area (TPSA) is 97.6 Å². The Kier molecular flexibility index (Phi) is 7.80. The van der Waals surface area contributed by atoms with E-state index in [0.717, 1.165) is 11.3 Å². The van der Waals surface area contributed by atoms with E-state index < -0.39 is 18.0 Å². The molecule has 7 heteroatoms. The molecular formula is C22H22N2O5. The minimum Gasteiger partial charge on any atom is -0.497 e. The molecule has 0 fully saturated rings. The SMILES string of the molecule is COc1ccc(/C=C(\C#N)C(=O)OC(C)C(=O)NCc2ccc(OC)cc2)cc1. The number of carbonyl (C=O) groups is 2. The van der Waals surface area contributed by atoms with Crippen LogP contribution in [0.4, 0.5) is 0 Å². The molecule has 0 saturated heterocycles. The average molecular weight is 394 g/mol. The van der Waals surface area contributed by atoms with Gasteiger partial charge in [0.25, 0.3) is 5.91 Å². The molecule has 2 aromatic rings. The van der Waals surface area contributed by atoms with Crippen molar-refractivity contribution in [3.05, 3.63) is 65.2 Å². The summed E-state index contributed by atoms with van der Waals surface area (Å²) in [7, 11) is 3.12. The number of nitrogens with zero attached hydrogens (tertiary/aromatic N) is 1. The number of hydrogen-bond acceptors (Lipinski definition) is 6. The third kappa shape index (κ3) is 6.40. The van der Waals surface area contributed by atoms with Gasteiger partial charge in [0.2, 0.25) is 0 Å². The smallest absolute Gasteiger partial charge is 0.349 e. The summed E-state index contributed by atoms with van der Waals surface area (Å²) >= 11 is 0. The van der Waals surface area contributed by atoms with E-state index in [9.17, 15) is 14.9 Å². The Labute approximate surface area is 169 Å². The van der Waals surface area contributed by atoms with Crippen molar-refractivity contribution in [3.63, 3.8) is 0 Å². The van der Waals surface area contributed by atoms with E-state index in [1.165, 1.54) is 13.0 Å². The zero-order valence-corrected chi connectivity index (χ0v) is 16.5. The molecule has 1 N–H and O–H groups in total. The van der Waals surface area contributed by atoms with Crippen LogP contribution in [0.15, 0.2) is 54.1 Å². The van der Waals surface area contributed by atoms with E-state index in [1.807, 2.05) is 12.1 Å². The summed E-state index contributed by atoms with van der Waals surface area (Å²) in [6, 6.07) is 15.8. The number of ether oxygens (including phenoxy) is 3. The van der Waals surface area contributed by atoms with E-state index in [0.29, 0.717) is 11.3 Å². The molecule has 0 aliphatic rings. The maximum absolute atomic E-state index is 12.2. The van der Waals surface area contributed by atoms with Gasteiger partial charge in [0.15, 0.2) is 6.10 Å². The molecule has 2 aromatic carbocycles. The zero-order valence-electron chi connectivity index (χ0n) is 16.5. The second-order valence-electron chi connectivity index (χ2n) is 6.06. The molecular weight excluding hydrogens is 372 g/mol. The van der Waals surface area contributed by atoms with Gasteiger partial charge in [-0.1, -0.05) is 24.3 Å². The van der Waals surface area contributed by atoms with Crippen LogP contribution in [0.25, 0.3) is 6.08 Å². The van der Waals surface area contributed by atoms with Crippen molar-refractivity contribution in [2.45, 2.75) is 19.6 Å². The van der Waals surface area contributed by atoms with Crippen LogP contribution in [0.3, 0.4) is 0 Å². The maximum atomic E-state index is 12.2. The maximum Gasteiger partial charge on any atom is 0.349 e. The number of hydrogen-bond donors (Lipinski definition) is 1. The number of benzene rings is 2. The van der Waals surface area contributed by atoms with Gasteiger partial charge < -0.3 is 19.5 Å². The molecule has 0 bridgehead atoms. The van der Waals surface area contributed by atoms with Crippen molar-refractivity contribution in [2.24, 2.45) is 0 Å². The molecule has 1 amide bonds. The number of nitriles is 1. The van der Waals surface area contributed by atoms with E-state index in [2.05, 4.69) is 5.32 Å². The third-order valence-corrected chi connectivity index (χ3v) is 4.05. The Bertz CT molecular complexity index is 912. The van der Waals surface area contributed by atoms with Crippen LogP contribution in [-0.4, -0.2) is 32.2 Å². The van der Waals surface area contributed by atoms with Crippen LogP contribution < -0.4 is 14.8 Å². The summed E-state index contributed by atoms with van der Waals surface area (Å²) in [4.78, 5) is 24.4. The van der Waals surface area contributed by atoms with Crippen LogP contribution in [0.2, 0.25) is 0 Å². The lowest BCUT2D eigenvalue weighted by atomic mass is 10.1. The Morgan fingerprint density at radius 2 is 1.59 bits per heavy atom. The minimum absolute atomic E-state index is 0.204. The summed E-state index contributed by atoms with van der Waals surface area (Å²) in [5, 5.41) is 11.9. The van der Waals surface area contributed by atoms with Gasteiger partial charge in [0.1, 0.15) is 23.1 Å². The second-order valence-corrected chi connectivity index (χ2v) is 6.06. The third-order valence-electron chi connectivity index (χ3n) is 4.05. The lowest BCUT2D eigenvalue weighted by Crippen LogP contribution is -2.35. The predicted octanol–water partition coefficient (Wildman–Crippen LogP) is 2.86. The standard InChI is InChI=1S/C22H22N2O5/c1-15(21(25)24-14-17-6-10-20(28-3)11-7-17)29-22(26)18(13-23)12-16-4-8-19(27-2)9-5-16/h4-12,15H,14H2,1-3H3,(H,24,25)/b18-12+. The van der Waals surface area contributed by atoms with Gasteiger partial charge in [-0.2, -0.15) is 5.26 Å². The first kappa shape index (κ1) is 21.5. The fourth-order valence-electron chi connectivity index (χ4n) is 2.36. The molecule has 1 atom stereocenters. The van der Waals surface area contributed by atoms with E-state index >= 15 is 0 Å². The van der Waals surface area contributed by atoms with Gasteiger partial charge in [-0.25, -0.2) is 4.79 Å². The summed E-state index contributed by atoms with van der Waals surface area (Å²) in [6.45, 7) is 1.72. The highest BCUT2D eigenvalue weighted by Crippen LogP contribution is 2.15.